The lowest BCUT2D eigenvalue weighted by atomic mass is 10.3. The summed E-state index contributed by atoms with van der Waals surface area (Å²) in [5.74, 6) is -0.288. The highest BCUT2D eigenvalue weighted by Gasteiger charge is 2.00. The average Bonchev–Trinajstić information content (AvgIpc) is 1.84. The third-order valence-electron chi connectivity index (χ3n) is 0.923. The van der Waals surface area contributed by atoms with Crippen LogP contribution in [-0.2, 0) is 0 Å². The van der Waals surface area contributed by atoms with Crippen molar-refractivity contribution in [1.82, 2.24) is 0 Å². The topological polar surface area (TPSA) is 0 Å². The van der Waals surface area contributed by atoms with Gasteiger partial charge in [0.05, 0.1) is 5.03 Å². The van der Waals surface area contributed by atoms with E-state index in [0.717, 1.165) is 0 Å². The quantitative estimate of drug-likeness (QED) is 0.527. The van der Waals surface area contributed by atoms with Crippen molar-refractivity contribution >= 4 is 11.6 Å². The first kappa shape index (κ1) is 8.70. The molecule has 0 heterocycles. The second kappa shape index (κ2) is 3.67. The summed E-state index contributed by atoms with van der Waals surface area (Å²) in [6.45, 7) is 6.88. The van der Waals surface area contributed by atoms with Crippen LogP contribution < -0.4 is 0 Å². The van der Waals surface area contributed by atoms with E-state index in [4.69, 9.17) is 11.6 Å². The highest BCUT2D eigenvalue weighted by Crippen LogP contribution is 2.20. The van der Waals surface area contributed by atoms with Crippen LogP contribution >= 0.6 is 11.6 Å². The Hall–Kier alpha value is -0.300. The smallest absolute Gasteiger partial charge is 0.118 e. The van der Waals surface area contributed by atoms with Gasteiger partial charge in [-0.25, -0.2) is 4.39 Å². The molecular weight excluding hydrogens is 139 g/mol. The molecule has 0 spiro atoms. The Morgan fingerprint density at radius 2 is 2.11 bits per heavy atom. The van der Waals surface area contributed by atoms with Crippen LogP contribution in [0.5, 0.6) is 0 Å². The second-order valence-corrected chi connectivity index (χ2v) is 2.23. The molecule has 0 aromatic carbocycles. The molecule has 0 radical (unpaired) electrons. The van der Waals surface area contributed by atoms with Gasteiger partial charge in [0.25, 0.3) is 0 Å². The molecule has 0 unspecified atom stereocenters. The largest absolute Gasteiger partial charge is 0.210 e. The van der Waals surface area contributed by atoms with Gasteiger partial charge in [-0.1, -0.05) is 25.1 Å². The summed E-state index contributed by atoms with van der Waals surface area (Å²) in [5.41, 5.74) is 0.580. The van der Waals surface area contributed by atoms with E-state index in [1.165, 1.54) is 0 Å². The Balaban J connectivity index is 4.28. The molecule has 0 N–H and O–H groups in total. The molecule has 0 nitrogen and oxygen atoms in total. The summed E-state index contributed by atoms with van der Waals surface area (Å²) in [6.07, 6.45) is 0.339. The maximum Gasteiger partial charge on any atom is 0.118 e. The predicted octanol–water partition coefficient (Wildman–Crippen LogP) is 3.39. The number of rotatable bonds is 2. The van der Waals surface area contributed by atoms with E-state index in [9.17, 15) is 4.39 Å². The number of hydrogen-bond acceptors (Lipinski definition) is 0. The molecule has 0 saturated heterocycles. The van der Waals surface area contributed by atoms with Crippen LogP contribution in [0.1, 0.15) is 20.3 Å². The van der Waals surface area contributed by atoms with E-state index < -0.39 is 0 Å². The zero-order valence-corrected chi connectivity index (χ0v) is 6.43. The molecule has 0 atom stereocenters. The van der Waals surface area contributed by atoms with Crippen molar-refractivity contribution in [1.29, 1.82) is 0 Å². The van der Waals surface area contributed by atoms with Gasteiger partial charge in [0.1, 0.15) is 5.83 Å². The predicted molar refractivity (Wildman–Crippen MR) is 39.1 cm³/mol. The van der Waals surface area contributed by atoms with Gasteiger partial charge in [0.2, 0.25) is 0 Å². The average molecular weight is 149 g/mol. The van der Waals surface area contributed by atoms with Crippen LogP contribution in [0.15, 0.2) is 23.0 Å². The first-order valence-electron chi connectivity index (χ1n) is 2.79. The molecule has 0 aliphatic carbocycles. The Morgan fingerprint density at radius 3 is 2.22 bits per heavy atom. The summed E-state index contributed by atoms with van der Waals surface area (Å²) >= 11 is 5.47. The van der Waals surface area contributed by atoms with Crippen molar-refractivity contribution in [2.24, 2.45) is 0 Å². The molecular formula is C7H10ClF. The summed E-state index contributed by atoms with van der Waals surface area (Å²) in [7, 11) is 0. The molecule has 2 heteroatoms. The molecule has 0 amide bonds. The van der Waals surface area contributed by atoms with Gasteiger partial charge in [-0.15, -0.1) is 0 Å². The lowest BCUT2D eigenvalue weighted by Crippen LogP contribution is -1.77. The van der Waals surface area contributed by atoms with Gasteiger partial charge in [-0.2, -0.15) is 0 Å². The molecule has 9 heavy (non-hydrogen) atoms. The summed E-state index contributed by atoms with van der Waals surface area (Å²) < 4.78 is 12.5. The van der Waals surface area contributed by atoms with Crippen molar-refractivity contribution in [2.75, 3.05) is 0 Å². The highest BCUT2D eigenvalue weighted by molar-refractivity contribution is 6.32. The Bertz CT molecular complexity index is 147. The molecule has 0 aromatic rings. The van der Waals surface area contributed by atoms with Crippen LogP contribution in [-0.4, -0.2) is 0 Å². The molecule has 0 aliphatic heterocycles. The first-order chi connectivity index (χ1) is 4.09. The van der Waals surface area contributed by atoms with Gasteiger partial charge in [-0.3, -0.25) is 0 Å². The van der Waals surface area contributed by atoms with Crippen molar-refractivity contribution < 1.29 is 4.39 Å². The van der Waals surface area contributed by atoms with Gasteiger partial charge in [0.15, 0.2) is 0 Å². The standard InChI is InChI=1S/C7H10ClF/c1-4-6(9)7(8)5(2)3/h2,4H2,1,3H3/b7-6-. The molecule has 0 aliphatic rings. The molecule has 0 saturated carbocycles. The van der Waals surface area contributed by atoms with Crippen molar-refractivity contribution in [3.8, 4) is 0 Å². The van der Waals surface area contributed by atoms with Crippen molar-refractivity contribution in [2.45, 2.75) is 20.3 Å². The molecule has 0 fully saturated rings. The third-order valence-corrected chi connectivity index (χ3v) is 1.45. The van der Waals surface area contributed by atoms with E-state index in [2.05, 4.69) is 6.58 Å². The van der Waals surface area contributed by atoms with E-state index in [0.29, 0.717) is 12.0 Å². The van der Waals surface area contributed by atoms with Crippen molar-refractivity contribution in [3.05, 3.63) is 23.0 Å². The van der Waals surface area contributed by atoms with Crippen molar-refractivity contribution in [3.63, 3.8) is 0 Å². The van der Waals surface area contributed by atoms with Crippen LogP contribution in [0.4, 0.5) is 4.39 Å². The summed E-state index contributed by atoms with van der Waals surface area (Å²) in [4.78, 5) is 0. The minimum Gasteiger partial charge on any atom is -0.210 e. The van der Waals surface area contributed by atoms with Gasteiger partial charge < -0.3 is 0 Å². The summed E-state index contributed by atoms with van der Waals surface area (Å²) in [6, 6.07) is 0. The Kier molecular flexibility index (Phi) is 3.55. The van der Waals surface area contributed by atoms with Gasteiger partial charge in [-0.05, 0) is 18.9 Å². The number of hydrogen-bond donors (Lipinski definition) is 0. The SMILES string of the molecule is C=C(C)/C(Cl)=C(/F)CC. The van der Waals surface area contributed by atoms with E-state index >= 15 is 0 Å². The lowest BCUT2D eigenvalue weighted by Gasteiger charge is -1.96. The van der Waals surface area contributed by atoms with Gasteiger partial charge in [0, 0.05) is 0 Å². The Labute approximate surface area is 60.0 Å². The lowest BCUT2D eigenvalue weighted by molar-refractivity contribution is 0.600. The number of allylic oxidation sites excluding steroid dienone is 3. The number of halogens is 2. The maximum absolute atomic E-state index is 12.5. The Morgan fingerprint density at radius 1 is 1.67 bits per heavy atom. The van der Waals surface area contributed by atoms with Crippen LogP contribution in [0.25, 0.3) is 0 Å². The third kappa shape index (κ3) is 2.66. The molecule has 0 aromatic heterocycles. The van der Waals surface area contributed by atoms with Crippen LogP contribution in [0.3, 0.4) is 0 Å². The normalized spacial score (nSPS) is 12.9. The fraction of sp³-hybridized carbons (Fsp3) is 0.429. The molecule has 0 bridgehead atoms. The fourth-order valence-corrected chi connectivity index (χ4v) is 0.520. The second-order valence-electron chi connectivity index (χ2n) is 1.85. The minimum atomic E-state index is -0.288. The maximum atomic E-state index is 12.5. The van der Waals surface area contributed by atoms with E-state index in [1.807, 2.05) is 0 Å². The zero-order valence-electron chi connectivity index (χ0n) is 5.67. The van der Waals surface area contributed by atoms with E-state index in [-0.39, 0.29) is 10.9 Å². The fourth-order valence-electron chi connectivity index (χ4n) is 0.387. The van der Waals surface area contributed by atoms with Gasteiger partial charge >= 0.3 is 0 Å². The first-order valence-corrected chi connectivity index (χ1v) is 3.17. The van der Waals surface area contributed by atoms with Crippen LogP contribution in [0, 0.1) is 0 Å². The van der Waals surface area contributed by atoms with E-state index in [1.54, 1.807) is 13.8 Å². The monoisotopic (exact) mass is 148 g/mol. The zero-order chi connectivity index (χ0) is 7.44. The molecule has 52 valence electrons. The summed E-state index contributed by atoms with van der Waals surface area (Å²) in [5, 5.41) is 0.164. The highest BCUT2D eigenvalue weighted by atomic mass is 35.5. The minimum absolute atomic E-state index is 0.164. The van der Waals surface area contributed by atoms with Crippen LogP contribution in [0.2, 0.25) is 0 Å². The molecule has 0 rings (SSSR count).